The number of carboxylic acids is 1. The molecule has 0 radical (unpaired) electrons. The number of carbonyl (C=O) groups is 1. The second kappa shape index (κ2) is 12.2. The van der Waals surface area contributed by atoms with Crippen molar-refractivity contribution in [3.05, 3.63) is 66.2 Å². The van der Waals surface area contributed by atoms with Crippen molar-refractivity contribution >= 4 is 16.1 Å². The minimum absolute atomic E-state index is 0.0741. The van der Waals surface area contributed by atoms with E-state index in [9.17, 15) is 13.2 Å². The van der Waals surface area contributed by atoms with Crippen LogP contribution in [0, 0.1) is 0 Å². The molecule has 0 bridgehead atoms. The highest BCUT2D eigenvalue weighted by Gasteiger charge is 2.05. The summed E-state index contributed by atoms with van der Waals surface area (Å²) in [5, 5.41) is 24.9. The molecule has 2 rings (SSSR count). The van der Waals surface area contributed by atoms with Crippen LogP contribution in [0.15, 0.2) is 65.6 Å². The van der Waals surface area contributed by atoms with Gasteiger partial charge >= 0.3 is 5.97 Å². The lowest BCUT2D eigenvalue weighted by Gasteiger charge is -1.97. The van der Waals surface area contributed by atoms with Crippen molar-refractivity contribution in [2.24, 2.45) is 0 Å². The van der Waals surface area contributed by atoms with E-state index >= 15 is 0 Å². The summed E-state index contributed by atoms with van der Waals surface area (Å²) in [4.78, 5) is 10.1. The number of hydrogen-bond acceptors (Lipinski definition) is 5. The minimum atomic E-state index is -4.00. The van der Waals surface area contributed by atoms with Crippen molar-refractivity contribution < 1.29 is 33.1 Å². The molecule has 0 aliphatic heterocycles. The van der Waals surface area contributed by atoms with Crippen LogP contribution in [0.2, 0.25) is 0 Å². The molecule has 25 heavy (non-hydrogen) atoms. The van der Waals surface area contributed by atoms with Gasteiger partial charge in [0.15, 0.2) is 0 Å². The van der Waals surface area contributed by atoms with Gasteiger partial charge in [-0.25, -0.2) is 4.79 Å². The molecule has 4 N–H and O–H groups in total. The molecule has 0 spiro atoms. The Morgan fingerprint density at radius 3 is 1.64 bits per heavy atom. The predicted octanol–water partition coefficient (Wildman–Crippen LogP) is 2.07. The molecule has 0 aromatic heterocycles. The third-order valence-corrected chi connectivity index (χ3v) is 3.61. The minimum Gasteiger partial charge on any atom is -0.478 e. The lowest BCUT2D eigenvalue weighted by Crippen LogP contribution is -2.08. The fraction of sp³-hybridized carbons (Fsp3) is 0.235. The van der Waals surface area contributed by atoms with Crippen molar-refractivity contribution in [1.82, 2.24) is 0 Å². The Kier molecular flexibility index (Phi) is 11.1. The lowest BCUT2D eigenvalue weighted by atomic mass is 10.2. The van der Waals surface area contributed by atoms with Gasteiger partial charge in [-0.15, -0.1) is 0 Å². The molecule has 0 saturated carbocycles. The maximum Gasteiger partial charge on any atom is 0.335 e. The first kappa shape index (κ1) is 22.7. The number of hydrogen-bond donors (Lipinski definition) is 4. The largest absolute Gasteiger partial charge is 0.478 e. The first-order valence-corrected chi connectivity index (χ1v) is 8.76. The van der Waals surface area contributed by atoms with Crippen LogP contribution < -0.4 is 0 Å². The summed E-state index contributed by atoms with van der Waals surface area (Å²) in [6.07, 6.45) is 0.126. The Hall–Kier alpha value is -2.26. The number of aliphatic hydroxyl groups excluding tert-OH is 2. The van der Waals surface area contributed by atoms with E-state index in [-0.39, 0.29) is 11.5 Å². The van der Waals surface area contributed by atoms with Crippen molar-refractivity contribution in [3.63, 3.8) is 0 Å². The highest BCUT2D eigenvalue weighted by atomic mass is 32.2. The number of aromatic carboxylic acids is 1. The molecule has 1 unspecified atom stereocenters. The van der Waals surface area contributed by atoms with Crippen LogP contribution >= 0.6 is 0 Å². The van der Waals surface area contributed by atoms with Crippen molar-refractivity contribution in [1.29, 1.82) is 0 Å². The summed E-state index contributed by atoms with van der Waals surface area (Å²) in [5.74, 6) is -0.879. The molecule has 8 heteroatoms. The maximum atomic E-state index is 10.4. The molecule has 0 fully saturated rings. The van der Waals surface area contributed by atoms with E-state index in [0.717, 1.165) is 0 Å². The zero-order valence-corrected chi connectivity index (χ0v) is 14.5. The second-order valence-corrected chi connectivity index (χ2v) is 6.13. The Morgan fingerprint density at radius 1 is 1.00 bits per heavy atom. The van der Waals surface area contributed by atoms with Gasteiger partial charge in [0.1, 0.15) is 0 Å². The molecule has 138 valence electrons. The predicted molar refractivity (Wildman–Crippen MR) is 93.0 cm³/mol. The standard InChI is InChI=1S/C7H6O2.C6H6O3S.C4H10O2/c8-7(9)6-4-2-1-3-5-6;7-10(8,9)6-4-2-1-3-5-6;1-2-4(6)3-5/h1-5H,(H,8,9);1-5H,(H,7,8,9);4-6H,2-3H2,1H3. The Labute approximate surface area is 146 Å². The van der Waals surface area contributed by atoms with Crippen LogP contribution in [0.4, 0.5) is 0 Å². The van der Waals surface area contributed by atoms with Crippen molar-refractivity contribution in [2.45, 2.75) is 24.3 Å². The van der Waals surface area contributed by atoms with Gasteiger partial charge in [0, 0.05) is 0 Å². The monoisotopic (exact) mass is 370 g/mol. The van der Waals surface area contributed by atoms with Crippen LogP contribution in [-0.2, 0) is 10.1 Å². The van der Waals surface area contributed by atoms with E-state index in [1.807, 2.05) is 6.92 Å². The summed E-state index contributed by atoms with van der Waals surface area (Å²) < 4.78 is 29.2. The molecule has 0 aliphatic carbocycles. The number of benzene rings is 2. The average molecular weight is 370 g/mol. The fourth-order valence-corrected chi connectivity index (χ4v) is 1.80. The summed E-state index contributed by atoms with van der Waals surface area (Å²) in [6, 6.07) is 15.7. The first-order valence-electron chi connectivity index (χ1n) is 7.32. The van der Waals surface area contributed by atoms with Crippen molar-refractivity contribution in [3.8, 4) is 0 Å². The molecule has 7 nitrogen and oxygen atoms in total. The maximum absolute atomic E-state index is 10.4. The van der Waals surface area contributed by atoms with Gasteiger partial charge in [-0.1, -0.05) is 43.3 Å². The zero-order chi connectivity index (χ0) is 19.3. The van der Waals surface area contributed by atoms with Crippen LogP contribution in [0.5, 0.6) is 0 Å². The number of aliphatic hydroxyl groups is 2. The fourth-order valence-electron chi connectivity index (χ4n) is 1.30. The zero-order valence-electron chi connectivity index (χ0n) is 13.7. The third-order valence-electron chi connectivity index (χ3n) is 2.74. The summed E-state index contributed by atoms with van der Waals surface area (Å²) in [6.45, 7) is 1.71. The van der Waals surface area contributed by atoms with Gasteiger partial charge < -0.3 is 15.3 Å². The molecular formula is C17H22O7S. The van der Waals surface area contributed by atoms with Crippen LogP contribution in [0.3, 0.4) is 0 Å². The van der Waals surface area contributed by atoms with E-state index in [4.69, 9.17) is 19.9 Å². The average Bonchev–Trinajstić information content (AvgIpc) is 2.63. The third kappa shape index (κ3) is 11.0. The highest BCUT2D eigenvalue weighted by Crippen LogP contribution is 2.05. The van der Waals surface area contributed by atoms with Gasteiger partial charge in [0.2, 0.25) is 0 Å². The molecule has 2 aromatic carbocycles. The lowest BCUT2D eigenvalue weighted by molar-refractivity contribution is 0.0697. The molecular weight excluding hydrogens is 348 g/mol. The van der Waals surface area contributed by atoms with E-state index in [2.05, 4.69) is 0 Å². The Morgan fingerprint density at radius 2 is 1.44 bits per heavy atom. The van der Waals surface area contributed by atoms with Gasteiger partial charge in [0.25, 0.3) is 10.1 Å². The van der Waals surface area contributed by atoms with Gasteiger partial charge in [-0.05, 0) is 30.7 Å². The highest BCUT2D eigenvalue weighted by molar-refractivity contribution is 7.85. The van der Waals surface area contributed by atoms with E-state index < -0.39 is 22.2 Å². The first-order chi connectivity index (χ1) is 11.7. The van der Waals surface area contributed by atoms with Crippen LogP contribution in [-0.4, -0.2) is 47.0 Å². The molecule has 0 aliphatic rings. The number of carboxylic acid groups (broad SMARTS) is 1. The van der Waals surface area contributed by atoms with Crippen LogP contribution in [0.1, 0.15) is 23.7 Å². The van der Waals surface area contributed by atoms with Gasteiger partial charge in [0.05, 0.1) is 23.2 Å². The molecule has 0 amide bonds. The second-order valence-electron chi connectivity index (χ2n) is 4.70. The number of rotatable bonds is 4. The smallest absolute Gasteiger partial charge is 0.335 e. The molecule has 0 saturated heterocycles. The quantitative estimate of drug-likeness (QED) is 0.606. The summed E-state index contributed by atoms with van der Waals surface area (Å²) in [7, 11) is -4.00. The van der Waals surface area contributed by atoms with Crippen molar-refractivity contribution in [2.75, 3.05) is 6.61 Å². The van der Waals surface area contributed by atoms with Gasteiger partial charge in [-0.2, -0.15) is 8.42 Å². The van der Waals surface area contributed by atoms with E-state index in [1.165, 1.54) is 12.1 Å². The normalized spacial score (nSPS) is 11.2. The summed E-state index contributed by atoms with van der Waals surface area (Å²) in [5.41, 5.74) is 0.331. The van der Waals surface area contributed by atoms with E-state index in [0.29, 0.717) is 12.0 Å². The molecule has 2 aromatic rings. The van der Waals surface area contributed by atoms with Crippen LogP contribution in [0.25, 0.3) is 0 Å². The van der Waals surface area contributed by atoms with Gasteiger partial charge in [-0.3, -0.25) is 4.55 Å². The van der Waals surface area contributed by atoms with E-state index in [1.54, 1.807) is 48.5 Å². The summed E-state index contributed by atoms with van der Waals surface area (Å²) >= 11 is 0. The Balaban J connectivity index is 0.000000358. The Bertz CT molecular complexity index is 696. The molecule has 0 heterocycles. The molecule has 1 atom stereocenters. The SMILES string of the molecule is CCC(O)CO.O=C(O)c1ccccc1.O=S(=O)(O)c1ccccc1. The topological polar surface area (TPSA) is 132 Å².